The van der Waals surface area contributed by atoms with Gasteiger partial charge in [0.05, 0.1) is 0 Å². The lowest BCUT2D eigenvalue weighted by Crippen LogP contribution is -2.32. The summed E-state index contributed by atoms with van der Waals surface area (Å²) in [4.78, 5) is 2.32. The SMILES string of the molecule is CC1CCN(c2ccc(NS(=O)(=O)Cl)cc2)CC1. The highest BCUT2D eigenvalue weighted by Crippen LogP contribution is 2.24. The highest BCUT2D eigenvalue weighted by Gasteiger charge is 2.15. The summed E-state index contributed by atoms with van der Waals surface area (Å²) < 4.78 is 24.0. The Labute approximate surface area is 112 Å². The molecule has 1 fully saturated rings. The van der Waals surface area contributed by atoms with E-state index in [0.717, 1.165) is 24.7 Å². The van der Waals surface area contributed by atoms with Crippen LogP contribution < -0.4 is 9.62 Å². The molecular weight excluding hydrogens is 272 g/mol. The minimum absolute atomic E-state index is 0.485. The number of nitrogens with zero attached hydrogens (tertiary/aromatic N) is 1. The van der Waals surface area contributed by atoms with Crippen LogP contribution in [0.4, 0.5) is 11.4 Å². The first-order valence-electron chi connectivity index (χ1n) is 6.01. The van der Waals surface area contributed by atoms with E-state index >= 15 is 0 Å². The van der Waals surface area contributed by atoms with Gasteiger partial charge in [0.15, 0.2) is 0 Å². The topological polar surface area (TPSA) is 49.4 Å². The zero-order valence-electron chi connectivity index (χ0n) is 10.3. The van der Waals surface area contributed by atoms with Crippen LogP contribution in [0.3, 0.4) is 0 Å². The van der Waals surface area contributed by atoms with Crippen LogP contribution in [0.15, 0.2) is 24.3 Å². The highest BCUT2D eigenvalue weighted by molar-refractivity contribution is 8.14. The van der Waals surface area contributed by atoms with Crippen molar-refractivity contribution < 1.29 is 8.42 Å². The van der Waals surface area contributed by atoms with Crippen LogP contribution in [0.2, 0.25) is 0 Å². The lowest BCUT2D eigenvalue weighted by atomic mass is 9.99. The molecule has 4 nitrogen and oxygen atoms in total. The van der Waals surface area contributed by atoms with E-state index in [1.54, 1.807) is 12.1 Å². The molecule has 0 aliphatic carbocycles. The molecule has 1 heterocycles. The van der Waals surface area contributed by atoms with E-state index in [9.17, 15) is 8.42 Å². The molecular formula is C12H17ClN2O2S. The Kier molecular flexibility index (Phi) is 4.02. The zero-order valence-corrected chi connectivity index (χ0v) is 11.8. The third-order valence-electron chi connectivity index (χ3n) is 3.26. The maximum atomic E-state index is 10.9. The number of anilines is 2. The summed E-state index contributed by atoms with van der Waals surface area (Å²) in [6.07, 6.45) is 2.41. The molecule has 0 spiro atoms. The van der Waals surface area contributed by atoms with Gasteiger partial charge in [-0.1, -0.05) is 6.92 Å². The average Bonchev–Trinajstić information content (AvgIpc) is 2.29. The Morgan fingerprint density at radius 2 is 1.78 bits per heavy atom. The Morgan fingerprint density at radius 3 is 2.28 bits per heavy atom. The fourth-order valence-electron chi connectivity index (χ4n) is 2.15. The van der Waals surface area contributed by atoms with Gasteiger partial charge in [-0.05, 0) is 43.0 Å². The standard InChI is InChI=1S/C12H17ClN2O2S/c1-10-6-8-15(9-7-10)12-4-2-11(3-5-12)14-18(13,16)17/h2-5,10,14H,6-9H2,1H3. The molecule has 0 bridgehead atoms. The molecule has 0 atom stereocenters. The number of piperidine rings is 1. The minimum Gasteiger partial charge on any atom is -0.372 e. The Hall–Kier alpha value is -0.940. The highest BCUT2D eigenvalue weighted by atomic mass is 35.7. The summed E-state index contributed by atoms with van der Waals surface area (Å²) in [5, 5.41) is 0. The molecule has 6 heteroatoms. The quantitative estimate of drug-likeness (QED) is 0.870. The molecule has 18 heavy (non-hydrogen) atoms. The van der Waals surface area contributed by atoms with Crippen molar-refractivity contribution in [3.05, 3.63) is 24.3 Å². The van der Waals surface area contributed by atoms with Gasteiger partial charge in [-0.25, -0.2) is 0 Å². The normalized spacial score (nSPS) is 17.8. The Morgan fingerprint density at radius 1 is 1.22 bits per heavy atom. The number of hydrogen-bond acceptors (Lipinski definition) is 3. The first-order chi connectivity index (χ1) is 8.44. The van der Waals surface area contributed by atoms with Gasteiger partial charge in [-0.2, -0.15) is 8.42 Å². The van der Waals surface area contributed by atoms with Gasteiger partial charge in [-0.15, -0.1) is 0 Å². The van der Waals surface area contributed by atoms with E-state index in [-0.39, 0.29) is 0 Å². The molecule has 2 rings (SSSR count). The average molecular weight is 289 g/mol. The van der Waals surface area contributed by atoms with Gasteiger partial charge in [0, 0.05) is 35.1 Å². The molecule has 1 aliphatic rings. The molecule has 1 aromatic carbocycles. The minimum atomic E-state index is -3.71. The first-order valence-corrected chi connectivity index (χ1v) is 8.32. The number of rotatable bonds is 3. The van der Waals surface area contributed by atoms with Gasteiger partial charge >= 0.3 is 9.24 Å². The van der Waals surface area contributed by atoms with E-state index in [2.05, 4.69) is 16.5 Å². The second kappa shape index (κ2) is 5.36. The summed E-state index contributed by atoms with van der Waals surface area (Å²) in [5.74, 6) is 0.795. The van der Waals surface area contributed by atoms with Gasteiger partial charge in [0.1, 0.15) is 0 Å². The van der Waals surface area contributed by atoms with Crippen molar-refractivity contribution in [3.8, 4) is 0 Å². The van der Waals surface area contributed by atoms with Crippen molar-refractivity contribution in [1.82, 2.24) is 0 Å². The van der Waals surface area contributed by atoms with Gasteiger partial charge in [0.25, 0.3) is 0 Å². The van der Waals surface area contributed by atoms with E-state index < -0.39 is 9.24 Å². The third kappa shape index (κ3) is 3.78. The molecule has 1 saturated heterocycles. The summed E-state index contributed by atoms with van der Waals surface area (Å²) in [5.41, 5.74) is 1.61. The predicted molar refractivity (Wildman–Crippen MR) is 75.4 cm³/mol. The largest absolute Gasteiger partial charge is 0.372 e. The fourth-order valence-corrected chi connectivity index (χ4v) is 2.83. The smallest absolute Gasteiger partial charge is 0.319 e. The Bertz CT molecular complexity index is 493. The van der Waals surface area contributed by atoms with E-state index in [0.29, 0.717) is 5.69 Å². The monoisotopic (exact) mass is 288 g/mol. The van der Waals surface area contributed by atoms with Crippen molar-refractivity contribution in [1.29, 1.82) is 0 Å². The summed E-state index contributed by atoms with van der Waals surface area (Å²) >= 11 is 0. The van der Waals surface area contributed by atoms with Gasteiger partial charge in [-0.3, -0.25) is 4.72 Å². The van der Waals surface area contributed by atoms with Crippen molar-refractivity contribution in [3.63, 3.8) is 0 Å². The van der Waals surface area contributed by atoms with Crippen molar-refractivity contribution >= 4 is 31.3 Å². The van der Waals surface area contributed by atoms with Crippen molar-refractivity contribution in [2.45, 2.75) is 19.8 Å². The molecule has 0 radical (unpaired) electrons. The summed E-state index contributed by atoms with van der Waals surface area (Å²) in [7, 11) is 1.41. The van der Waals surface area contributed by atoms with Gasteiger partial charge < -0.3 is 4.90 Å². The van der Waals surface area contributed by atoms with Crippen molar-refractivity contribution in [2.24, 2.45) is 5.92 Å². The van der Waals surface area contributed by atoms with Crippen LogP contribution in [0, 0.1) is 5.92 Å². The molecule has 0 aromatic heterocycles. The van der Waals surface area contributed by atoms with E-state index in [1.165, 1.54) is 12.8 Å². The van der Waals surface area contributed by atoms with E-state index in [4.69, 9.17) is 10.7 Å². The lowest BCUT2D eigenvalue weighted by Gasteiger charge is -2.32. The fraction of sp³-hybridized carbons (Fsp3) is 0.500. The van der Waals surface area contributed by atoms with Crippen LogP contribution in [-0.2, 0) is 9.24 Å². The Balaban J connectivity index is 2.03. The molecule has 1 aliphatic heterocycles. The second-order valence-corrected chi connectivity index (χ2v) is 7.06. The maximum absolute atomic E-state index is 10.9. The summed E-state index contributed by atoms with van der Waals surface area (Å²) in [6, 6.07) is 7.29. The van der Waals surface area contributed by atoms with Crippen LogP contribution in [0.1, 0.15) is 19.8 Å². The molecule has 0 saturated carbocycles. The number of benzene rings is 1. The molecule has 0 amide bonds. The first kappa shape index (κ1) is 13.5. The van der Waals surface area contributed by atoms with Crippen molar-refractivity contribution in [2.75, 3.05) is 22.7 Å². The molecule has 1 aromatic rings. The van der Waals surface area contributed by atoms with Crippen LogP contribution in [0.25, 0.3) is 0 Å². The zero-order chi connectivity index (χ0) is 13.2. The molecule has 0 unspecified atom stereocenters. The lowest BCUT2D eigenvalue weighted by molar-refractivity contribution is 0.438. The molecule has 100 valence electrons. The number of nitrogens with one attached hydrogen (secondary N) is 1. The predicted octanol–water partition coefficient (Wildman–Crippen LogP) is 2.82. The maximum Gasteiger partial charge on any atom is 0.319 e. The number of hydrogen-bond donors (Lipinski definition) is 1. The third-order valence-corrected chi connectivity index (χ3v) is 3.97. The van der Waals surface area contributed by atoms with Crippen LogP contribution in [0.5, 0.6) is 0 Å². The van der Waals surface area contributed by atoms with Crippen LogP contribution >= 0.6 is 10.7 Å². The second-order valence-electron chi connectivity index (χ2n) is 4.76. The number of halogens is 1. The van der Waals surface area contributed by atoms with Gasteiger partial charge in [0.2, 0.25) is 0 Å². The molecule has 1 N–H and O–H groups in total. The van der Waals surface area contributed by atoms with E-state index in [1.807, 2.05) is 12.1 Å². The summed E-state index contributed by atoms with van der Waals surface area (Å²) in [6.45, 7) is 4.39. The van der Waals surface area contributed by atoms with Crippen LogP contribution in [-0.4, -0.2) is 21.5 Å².